The fourth-order valence-corrected chi connectivity index (χ4v) is 4.76. The Kier molecular flexibility index (Phi) is 4.34. The standard InChI is InChI=1S/C21H21N3O3S/c1-14(2)24-12-16(5-7-21(24)25)18-9-17(10-22-11-18)15-4-6-20-19(8-15)13-28(26,27)23(20)3/h4-12,14H,13H2,1-3H3. The van der Waals surface area contributed by atoms with E-state index < -0.39 is 10.0 Å². The summed E-state index contributed by atoms with van der Waals surface area (Å²) >= 11 is 0. The quantitative estimate of drug-likeness (QED) is 0.681. The topological polar surface area (TPSA) is 72.3 Å². The number of hydrogen-bond donors (Lipinski definition) is 0. The number of aromatic nitrogens is 2. The second-order valence-electron chi connectivity index (χ2n) is 7.29. The number of benzene rings is 1. The monoisotopic (exact) mass is 395 g/mol. The first-order chi connectivity index (χ1) is 13.3. The van der Waals surface area contributed by atoms with Crippen molar-refractivity contribution < 1.29 is 8.42 Å². The van der Waals surface area contributed by atoms with Gasteiger partial charge in [0.25, 0.3) is 5.56 Å². The highest BCUT2D eigenvalue weighted by Crippen LogP contribution is 2.35. The van der Waals surface area contributed by atoms with E-state index in [4.69, 9.17) is 0 Å². The first kappa shape index (κ1) is 18.4. The maximum atomic E-state index is 12.1. The van der Waals surface area contributed by atoms with Gasteiger partial charge in [0.1, 0.15) is 0 Å². The summed E-state index contributed by atoms with van der Waals surface area (Å²) in [6.07, 6.45) is 5.37. The highest BCUT2D eigenvalue weighted by atomic mass is 32.2. The average Bonchev–Trinajstić information content (AvgIpc) is 2.90. The summed E-state index contributed by atoms with van der Waals surface area (Å²) in [5.41, 5.74) is 5.09. The maximum absolute atomic E-state index is 12.1. The van der Waals surface area contributed by atoms with Crippen molar-refractivity contribution in [2.75, 3.05) is 11.4 Å². The zero-order valence-electron chi connectivity index (χ0n) is 16.0. The lowest BCUT2D eigenvalue weighted by molar-refractivity contribution is 0.579. The summed E-state index contributed by atoms with van der Waals surface area (Å²) in [7, 11) is -1.69. The molecular weight excluding hydrogens is 374 g/mol. The minimum atomic E-state index is -3.27. The van der Waals surface area contributed by atoms with Crippen molar-refractivity contribution in [3.63, 3.8) is 0 Å². The number of pyridine rings is 2. The van der Waals surface area contributed by atoms with Crippen LogP contribution in [0.25, 0.3) is 22.3 Å². The number of anilines is 1. The third kappa shape index (κ3) is 3.11. The van der Waals surface area contributed by atoms with Gasteiger partial charge in [-0.2, -0.15) is 0 Å². The lowest BCUT2D eigenvalue weighted by atomic mass is 10.0. The van der Waals surface area contributed by atoms with Crippen LogP contribution in [-0.4, -0.2) is 25.0 Å². The van der Waals surface area contributed by atoms with Gasteiger partial charge in [0.05, 0.1) is 11.4 Å². The number of fused-ring (bicyclic) bond motifs is 1. The predicted molar refractivity (Wildman–Crippen MR) is 111 cm³/mol. The van der Waals surface area contributed by atoms with Gasteiger partial charge in [-0.05, 0) is 54.8 Å². The average molecular weight is 395 g/mol. The Morgan fingerprint density at radius 2 is 1.64 bits per heavy atom. The van der Waals surface area contributed by atoms with Crippen LogP contribution in [0.3, 0.4) is 0 Å². The van der Waals surface area contributed by atoms with Crippen LogP contribution in [0.4, 0.5) is 5.69 Å². The summed E-state index contributed by atoms with van der Waals surface area (Å²) < 4.78 is 27.2. The fourth-order valence-electron chi connectivity index (χ4n) is 3.46. The maximum Gasteiger partial charge on any atom is 0.250 e. The van der Waals surface area contributed by atoms with Crippen LogP contribution in [0, 0.1) is 0 Å². The number of nitrogens with zero attached hydrogens (tertiary/aromatic N) is 3. The smallest absolute Gasteiger partial charge is 0.250 e. The van der Waals surface area contributed by atoms with E-state index in [9.17, 15) is 13.2 Å². The largest absolute Gasteiger partial charge is 0.312 e. The Hall–Kier alpha value is -2.93. The van der Waals surface area contributed by atoms with E-state index in [0.717, 1.165) is 33.5 Å². The van der Waals surface area contributed by atoms with Crippen molar-refractivity contribution in [2.24, 2.45) is 0 Å². The van der Waals surface area contributed by atoms with Gasteiger partial charge in [-0.15, -0.1) is 0 Å². The third-order valence-electron chi connectivity index (χ3n) is 5.07. The second-order valence-corrected chi connectivity index (χ2v) is 9.29. The van der Waals surface area contributed by atoms with Gasteiger partial charge in [0, 0.05) is 48.9 Å². The molecule has 0 saturated heterocycles. The van der Waals surface area contributed by atoms with Crippen molar-refractivity contribution in [1.82, 2.24) is 9.55 Å². The highest BCUT2D eigenvalue weighted by Gasteiger charge is 2.30. The molecule has 0 saturated carbocycles. The molecular formula is C21H21N3O3S. The number of sulfonamides is 1. The predicted octanol–water partition coefficient (Wildman–Crippen LogP) is 3.44. The molecule has 0 spiro atoms. The van der Waals surface area contributed by atoms with Gasteiger partial charge >= 0.3 is 0 Å². The first-order valence-electron chi connectivity index (χ1n) is 9.04. The van der Waals surface area contributed by atoms with Crippen molar-refractivity contribution in [2.45, 2.75) is 25.6 Å². The van der Waals surface area contributed by atoms with Crippen LogP contribution >= 0.6 is 0 Å². The Bertz CT molecular complexity index is 1230. The minimum Gasteiger partial charge on any atom is -0.312 e. The molecule has 0 amide bonds. The zero-order chi connectivity index (χ0) is 20.1. The molecule has 144 valence electrons. The molecule has 1 aliphatic heterocycles. The SMILES string of the molecule is CC(C)n1cc(-c2cncc(-c3ccc4c(c3)CS(=O)(=O)N4C)c2)ccc1=O. The van der Waals surface area contributed by atoms with E-state index in [0.29, 0.717) is 0 Å². The second kappa shape index (κ2) is 6.60. The van der Waals surface area contributed by atoms with Crippen LogP contribution in [-0.2, 0) is 15.8 Å². The number of rotatable bonds is 3. The molecule has 2 aromatic heterocycles. The molecule has 3 aromatic rings. The van der Waals surface area contributed by atoms with Gasteiger partial charge in [-0.3, -0.25) is 14.1 Å². The molecule has 0 fully saturated rings. The normalized spacial score (nSPS) is 15.1. The van der Waals surface area contributed by atoms with Gasteiger partial charge in [0.15, 0.2) is 0 Å². The number of hydrogen-bond acceptors (Lipinski definition) is 4. The fraction of sp³-hybridized carbons (Fsp3) is 0.238. The zero-order valence-corrected chi connectivity index (χ0v) is 16.8. The van der Waals surface area contributed by atoms with Crippen LogP contribution in [0.2, 0.25) is 0 Å². The van der Waals surface area contributed by atoms with Gasteiger partial charge in [0.2, 0.25) is 10.0 Å². The molecule has 0 N–H and O–H groups in total. The molecule has 6 nitrogen and oxygen atoms in total. The molecule has 4 rings (SSSR count). The Labute approximate surface area is 164 Å². The highest BCUT2D eigenvalue weighted by molar-refractivity contribution is 7.92. The minimum absolute atomic E-state index is 0.0130. The summed E-state index contributed by atoms with van der Waals surface area (Å²) in [4.78, 5) is 16.4. The van der Waals surface area contributed by atoms with Crippen LogP contribution < -0.4 is 9.86 Å². The first-order valence-corrected chi connectivity index (χ1v) is 10.6. The molecule has 0 aliphatic carbocycles. The van der Waals surface area contributed by atoms with E-state index in [-0.39, 0.29) is 17.4 Å². The Morgan fingerprint density at radius 3 is 2.36 bits per heavy atom. The van der Waals surface area contributed by atoms with Crippen molar-refractivity contribution in [3.05, 3.63) is 70.9 Å². The van der Waals surface area contributed by atoms with Gasteiger partial charge in [-0.1, -0.05) is 6.07 Å². The molecule has 1 aromatic carbocycles. The molecule has 0 unspecified atom stereocenters. The molecule has 28 heavy (non-hydrogen) atoms. The van der Waals surface area contributed by atoms with Gasteiger partial charge < -0.3 is 4.57 Å². The Morgan fingerprint density at radius 1 is 0.964 bits per heavy atom. The van der Waals surface area contributed by atoms with E-state index in [1.54, 1.807) is 36.1 Å². The molecule has 0 atom stereocenters. The lowest BCUT2D eigenvalue weighted by Crippen LogP contribution is -2.20. The van der Waals surface area contributed by atoms with E-state index >= 15 is 0 Å². The van der Waals surface area contributed by atoms with Crippen molar-refractivity contribution >= 4 is 15.7 Å². The molecule has 0 bridgehead atoms. The molecule has 0 radical (unpaired) electrons. The Balaban J connectivity index is 1.75. The molecule has 1 aliphatic rings. The van der Waals surface area contributed by atoms with Crippen molar-refractivity contribution in [3.8, 4) is 22.3 Å². The van der Waals surface area contributed by atoms with Gasteiger partial charge in [-0.25, -0.2) is 8.42 Å². The summed E-state index contributed by atoms with van der Waals surface area (Å²) in [5.74, 6) is 0.0130. The molecule has 3 heterocycles. The van der Waals surface area contributed by atoms with Crippen LogP contribution in [0.15, 0.2) is 59.8 Å². The lowest BCUT2D eigenvalue weighted by Gasteiger charge is -2.13. The van der Waals surface area contributed by atoms with E-state index in [2.05, 4.69) is 4.98 Å². The van der Waals surface area contributed by atoms with E-state index in [1.165, 1.54) is 4.31 Å². The van der Waals surface area contributed by atoms with Crippen molar-refractivity contribution in [1.29, 1.82) is 0 Å². The summed E-state index contributed by atoms with van der Waals surface area (Å²) in [6, 6.07) is 11.1. The molecule has 7 heteroatoms. The van der Waals surface area contributed by atoms with Crippen LogP contribution in [0.1, 0.15) is 25.5 Å². The van der Waals surface area contributed by atoms with Crippen LogP contribution in [0.5, 0.6) is 0 Å². The third-order valence-corrected chi connectivity index (χ3v) is 6.78. The summed E-state index contributed by atoms with van der Waals surface area (Å²) in [6.45, 7) is 3.94. The summed E-state index contributed by atoms with van der Waals surface area (Å²) in [5, 5.41) is 0. The van der Waals surface area contributed by atoms with E-state index in [1.807, 2.05) is 44.3 Å².